The number of hydrogen-bond acceptors (Lipinski definition) is 6. The minimum absolute atomic E-state index is 0.0686. The molecule has 0 bridgehead atoms. The Bertz CT molecular complexity index is 1110. The fourth-order valence-corrected chi connectivity index (χ4v) is 4.31. The Hall–Kier alpha value is -2.58. The molecule has 2 aliphatic heterocycles. The summed E-state index contributed by atoms with van der Waals surface area (Å²) in [4.78, 5) is 21.3. The zero-order valence-electron chi connectivity index (χ0n) is 18.9. The molecule has 1 N–H and O–H groups in total. The molecule has 0 atom stereocenters. The number of piperazine rings is 1. The van der Waals surface area contributed by atoms with Crippen molar-refractivity contribution < 1.29 is 9.21 Å². The van der Waals surface area contributed by atoms with Gasteiger partial charge in [0.15, 0.2) is 11.3 Å². The van der Waals surface area contributed by atoms with Gasteiger partial charge in [0.2, 0.25) is 11.3 Å². The van der Waals surface area contributed by atoms with E-state index in [1.165, 1.54) is 0 Å². The summed E-state index contributed by atoms with van der Waals surface area (Å²) in [5, 5.41) is 4.03. The van der Waals surface area contributed by atoms with Crippen LogP contribution in [-0.4, -0.2) is 73.9 Å². The molecule has 1 saturated heterocycles. The van der Waals surface area contributed by atoms with E-state index in [1.54, 1.807) is 0 Å². The standard InChI is InChI=1S/C24H31N5O2S/c1-3-28(4-2)18-5-7-20-22(15-18)31-23-16-19(6-8-21(23)26-20)29-12-10-27(11-13-29)17-24(30)25-9-14-32/h5-8,15-16H,3-4,9-14,17H2,1-2H3,(H-,25,30,32)/p+1. The number of benzene rings is 2. The molecule has 1 fully saturated rings. The second-order valence-electron chi connectivity index (χ2n) is 8.03. The van der Waals surface area contributed by atoms with Gasteiger partial charge in [-0.1, -0.05) is 0 Å². The molecular formula is C24H32N5O2S+. The molecule has 8 heteroatoms. The number of anilines is 1. The van der Waals surface area contributed by atoms with Crippen molar-refractivity contribution in [2.24, 2.45) is 0 Å². The number of thiol groups is 1. The maximum absolute atomic E-state index is 12.0. The van der Waals surface area contributed by atoms with E-state index in [0.717, 1.165) is 72.9 Å². The van der Waals surface area contributed by atoms with E-state index < -0.39 is 0 Å². The van der Waals surface area contributed by atoms with E-state index in [9.17, 15) is 4.79 Å². The number of amides is 1. The van der Waals surface area contributed by atoms with Gasteiger partial charge in [0, 0.05) is 56.3 Å². The molecule has 3 aliphatic rings. The Morgan fingerprint density at radius 3 is 2.62 bits per heavy atom. The summed E-state index contributed by atoms with van der Waals surface area (Å²) in [7, 11) is 0. The summed E-state index contributed by atoms with van der Waals surface area (Å²) in [6.07, 6.45) is 0. The number of carbonyl (C=O) groups is 1. The molecule has 0 spiro atoms. The van der Waals surface area contributed by atoms with Gasteiger partial charge in [-0.25, -0.2) is 9.56 Å². The van der Waals surface area contributed by atoms with E-state index in [0.29, 0.717) is 18.8 Å². The van der Waals surface area contributed by atoms with Crippen LogP contribution in [0.5, 0.6) is 0 Å². The minimum atomic E-state index is 0.0686. The maximum atomic E-state index is 12.0. The average Bonchev–Trinajstić information content (AvgIpc) is 2.82. The van der Waals surface area contributed by atoms with Crippen LogP contribution in [0, 0.1) is 0 Å². The highest BCUT2D eigenvalue weighted by atomic mass is 32.1. The topological polar surface area (TPSA) is 64.6 Å². The van der Waals surface area contributed by atoms with Crippen LogP contribution in [-0.2, 0) is 4.79 Å². The predicted octanol–water partition coefficient (Wildman–Crippen LogP) is 1.91. The third-order valence-electron chi connectivity index (χ3n) is 6.01. The van der Waals surface area contributed by atoms with E-state index in [-0.39, 0.29) is 5.91 Å². The van der Waals surface area contributed by atoms with Gasteiger partial charge >= 0.3 is 0 Å². The highest BCUT2D eigenvalue weighted by molar-refractivity contribution is 7.80. The van der Waals surface area contributed by atoms with Gasteiger partial charge in [-0.15, -0.1) is 0 Å². The van der Waals surface area contributed by atoms with Gasteiger partial charge in [0.05, 0.1) is 12.6 Å². The van der Waals surface area contributed by atoms with Crippen LogP contribution in [0.15, 0.2) is 40.8 Å². The molecule has 170 valence electrons. The molecular weight excluding hydrogens is 422 g/mol. The number of aromatic nitrogens is 1. The largest absolute Gasteiger partial charge is 0.452 e. The molecule has 32 heavy (non-hydrogen) atoms. The Balaban J connectivity index is 1.52. The van der Waals surface area contributed by atoms with Gasteiger partial charge in [-0.3, -0.25) is 9.69 Å². The lowest BCUT2D eigenvalue weighted by Gasteiger charge is -2.35. The molecule has 2 heterocycles. The van der Waals surface area contributed by atoms with Crippen molar-refractivity contribution in [3.8, 4) is 11.5 Å². The average molecular weight is 455 g/mol. The number of nitrogens with zero attached hydrogens (tertiary/aromatic N) is 4. The lowest BCUT2D eigenvalue weighted by Crippen LogP contribution is -2.49. The third kappa shape index (κ3) is 5.07. The Morgan fingerprint density at radius 2 is 1.91 bits per heavy atom. The van der Waals surface area contributed by atoms with Crippen LogP contribution >= 0.6 is 12.6 Å². The Morgan fingerprint density at radius 1 is 1.12 bits per heavy atom. The number of carbonyl (C=O) groups excluding carboxylic acids is 1. The fourth-order valence-electron chi connectivity index (χ4n) is 4.20. The van der Waals surface area contributed by atoms with E-state index >= 15 is 0 Å². The zero-order chi connectivity index (χ0) is 22.5. The van der Waals surface area contributed by atoms with Crippen molar-refractivity contribution in [3.05, 3.63) is 41.8 Å². The van der Waals surface area contributed by atoms with Gasteiger partial charge in [0.25, 0.3) is 0 Å². The van der Waals surface area contributed by atoms with Crippen LogP contribution in [0.25, 0.3) is 22.6 Å². The molecule has 1 amide bonds. The van der Waals surface area contributed by atoms with Gasteiger partial charge in [-0.2, -0.15) is 12.6 Å². The normalized spacial score (nSPS) is 14.8. The summed E-state index contributed by atoms with van der Waals surface area (Å²) in [5.74, 6) is 1.53. The van der Waals surface area contributed by atoms with E-state index in [1.807, 2.05) is 12.1 Å². The highest BCUT2D eigenvalue weighted by Crippen LogP contribution is 2.27. The van der Waals surface area contributed by atoms with Crippen molar-refractivity contribution in [2.45, 2.75) is 13.8 Å². The van der Waals surface area contributed by atoms with Crippen molar-refractivity contribution in [1.29, 1.82) is 0 Å². The summed E-state index contributed by atoms with van der Waals surface area (Å²) < 4.78 is 8.58. The minimum Gasteiger partial charge on any atom is -0.452 e. The SMILES string of the molecule is CC[N+](CC)=c1ccc2nc3ccc(N4CCN(CC(=O)NCCS)CC4)cc3oc-2c1. The molecule has 1 aromatic carbocycles. The molecule has 0 saturated carbocycles. The van der Waals surface area contributed by atoms with Crippen LogP contribution in [0.3, 0.4) is 0 Å². The number of rotatable bonds is 7. The first-order valence-electron chi connectivity index (χ1n) is 11.4. The van der Waals surface area contributed by atoms with Gasteiger partial charge < -0.3 is 14.6 Å². The van der Waals surface area contributed by atoms with Crippen molar-refractivity contribution in [3.63, 3.8) is 0 Å². The van der Waals surface area contributed by atoms with Gasteiger partial charge in [0.1, 0.15) is 24.3 Å². The second kappa shape index (κ2) is 10.4. The molecule has 1 aliphatic carbocycles. The first-order chi connectivity index (χ1) is 15.6. The van der Waals surface area contributed by atoms with Crippen LogP contribution in [0.4, 0.5) is 5.69 Å². The monoisotopic (exact) mass is 454 g/mol. The second-order valence-corrected chi connectivity index (χ2v) is 8.47. The third-order valence-corrected chi connectivity index (χ3v) is 6.24. The zero-order valence-corrected chi connectivity index (χ0v) is 19.8. The fraction of sp³-hybridized carbons (Fsp3) is 0.458. The van der Waals surface area contributed by atoms with Crippen molar-refractivity contribution in [2.75, 3.05) is 63.0 Å². The highest BCUT2D eigenvalue weighted by Gasteiger charge is 2.20. The summed E-state index contributed by atoms with van der Waals surface area (Å²) >= 11 is 4.13. The lowest BCUT2D eigenvalue weighted by atomic mass is 10.2. The molecule has 0 aromatic heterocycles. The number of hydrogen-bond donors (Lipinski definition) is 2. The van der Waals surface area contributed by atoms with Gasteiger partial charge in [-0.05, 0) is 32.0 Å². The van der Waals surface area contributed by atoms with Crippen molar-refractivity contribution in [1.82, 2.24) is 19.8 Å². The maximum Gasteiger partial charge on any atom is 0.234 e. The van der Waals surface area contributed by atoms with E-state index in [2.05, 4.69) is 70.4 Å². The summed E-state index contributed by atoms with van der Waals surface area (Å²) in [6, 6.07) is 12.4. The molecule has 7 nitrogen and oxygen atoms in total. The number of fused-ring (bicyclic) bond motifs is 2. The van der Waals surface area contributed by atoms with Crippen molar-refractivity contribution >= 4 is 35.3 Å². The molecule has 4 rings (SSSR count). The first kappa shape index (κ1) is 22.6. The predicted molar refractivity (Wildman–Crippen MR) is 132 cm³/mol. The quantitative estimate of drug-likeness (QED) is 0.324. The Labute approximate surface area is 194 Å². The van der Waals surface area contributed by atoms with E-state index in [4.69, 9.17) is 9.40 Å². The van der Waals surface area contributed by atoms with Crippen LogP contribution < -0.4 is 20.1 Å². The lowest BCUT2D eigenvalue weighted by molar-refractivity contribution is -0.122. The number of nitrogens with one attached hydrogen (secondary N) is 1. The summed E-state index contributed by atoms with van der Waals surface area (Å²) in [6.45, 7) is 10.7. The smallest absolute Gasteiger partial charge is 0.234 e. The van der Waals surface area contributed by atoms with Crippen LogP contribution in [0.1, 0.15) is 13.8 Å². The molecule has 1 aromatic rings. The molecule has 0 radical (unpaired) electrons. The molecule has 0 unspecified atom stereocenters. The summed E-state index contributed by atoms with van der Waals surface area (Å²) in [5.41, 5.74) is 3.64. The van der Waals surface area contributed by atoms with Crippen LogP contribution in [0.2, 0.25) is 0 Å². The Kier molecular flexibility index (Phi) is 7.32. The first-order valence-corrected chi connectivity index (χ1v) is 12.0.